The summed E-state index contributed by atoms with van der Waals surface area (Å²) in [5, 5.41) is 4.10. The van der Waals surface area contributed by atoms with Crippen molar-refractivity contribution in [2.45, 2.75) is 13.3 Å². The first-order chi connectivity index (χ1) is 5.92. The van der Waals surface area contributed by atoms with Gasteiger partial charge in [0, 0.05) is 13.1 Å². The fourth-order valence-electron chi connectivity index (χ4n) is 0.985. The van der Waals surface area contributed by atoms with Gasteiger partial charge in [-0.3, -0.25) is 9.40 Å². The van der Waals surface area contributed by atoms with Gasteiger partial charge < -0.3 is 0 Å². The molecule has 5 nitrogen and oxygen atoms in total. The van der Waals surface area contributed by atoms with Crippen LogP contribution in [0.3, 0.4) is 0 Å². The highest BCUT2D eigenvalue weighted by Gasteiger charge is 2.07. The van der Waals surface area contributed by atoms with Crippen molar-refractivity contribution in [1.29, 1.82) is 0 Å². The summed E-state index contributed by atoms with van der Waals surface area (Å²) in [6.45, 7) is 1.96. The standard InChI is InChI=1S/C7H13N3O2S/c1-4-6-5-7(10(2)8-6)9-13(3,11)12/h5,9H,4H2,1-3H3. The maximum Gasteiger partial charge on any atom is 0.230 e. The van der Waals surface area contributed by atoms with Crippen LogP contribution in [0.1, 0.15) is 12.6 Å². The van der Waals surface area contributed by atoms with Gasteiger partial charge >= 0.3 is 0 Å². The maximum absolute atomic E-state index is 10.9. The molecule has 0 atom stereocenters. The van der Waals surface area contributed by atoms with E-state index in [9.17, 15) is 8.42 Å². The summed E-state index contributed by atoms with van der Waals surface area (Å²) in [4.78, 5) is 0. The minimum Gasteiger partial charge on any atom is -0.268 e. The summed E-state index contributed by atoms with van der Waals surface area (Å²) >= 11 is 0. The summed E-state index contributed by atoms with van der Waals surface area (Å²) in [6, 6.07) is 1.72. The van der Waals surface area contributed by atoms with Crippen LogP contribution in [0.2, 0.25) is 0 Å². The molecule has 1 N–H and O–H groups in total. The highest BCUT2D eigenvalue weighted by Crippen LogP contribution is 2.10. The van der Waals surface area contributed by atoms with E-state index < -0.39 is 10.0 Å². The van der Waals surface area contributed by atoms with E-state index in [-0.39, 0.29) is 0 Å². The van der Waals surface area contributed by atoms with Gasteiger partial charge in [-0.25, -0.2) is 8.42 Å². The Kier molecular flexibility index (Phi) is 2.60. The van der Waals surface area contributed by atoms with Gasteiger partial charge in [0.1, 0.15) is 5.82 Å². The van der Waals surface area contributed by atoms with Crippen molar-refractivity contribution in [2.75, 3.05) is 11.0 Å². The SMILES string of the molecule is CCc1cc(NS(C)(=O)=O)n(C)n1. The molecular weight excluding hydrogens is 190 g/mol. The lowest BCUT2D eigenvalue weighted by Crippen LogP contribution is -2.12. The Balaban J connectivity index is 2.95. The van der Waals surface area contributed by atoms with Crippen LogP contribution in [-0.4, -0.2) is 24.5 Å². The number of sulfonamides is 1. The predicted molar refractivity (Wildman–Crippen MR) is 51.1 cm³/mol. The number of aryl methyl sites for hydroxylation is 2. The molecule has 6 heteroatoms. The number of aromatic nitrogens is 2. The molecule has 0 radical (unpaired) electrons. The normalized spacial score (nSPS) is 11.6. The third kappa shape index (κ3) is 2.73. The predicted octanol–water partition coefficient (Wildman–Crippen LogP) is 0.354. The molecule has 0 fully saturated rings. The molecule has 0 bridgehead atoms. The first-order valence-electron chi connectivity index (χ1n) is 3.93. The minimum atomic E-state index is -3.21. The fraction of sp³-hybridized carbons (Fsp3) is 0.571. The van der Waals surface area contributed by atoms with Crippen molar-refractivity contribution in [2.24, 2.45) is 7.05 Å². The molecule has 1 aromatic heterocycles. The quantitative estimate of drug-likeness (QED) is 0.771. The second-order valence-corrected chi connectivity index (χ2v) is 4.62. The van der Waals surface area contributed by atoms with Crippen LogP contribution in [0.25, 0.3) is 0 Å². The van der Waals surface area contributed by atoms with Crippen LogP contribution in [0, 0.1) is 0 Å². The molecule has 1 aromatic rings. The number of rotatable bonds is 3. The molecule has 0 aliphatic heterocycles. The van der Waals surface area contributed by atoms with E-state index in [0.29, 0.717) is 5.82 Å². The molecule has 13 heavy (non-hydrogen) atoms. The Morgan fingerprint density at radius 2 is 2.23 bits per heavy atom. The van der Waals surface area contributed by atoms with Crippen LogP contribution in [0.4, 0.5) is 5.82 Å². The van der Waals surface area contributed by atoms with Crippen molar-refractivity contribution in [3.8, 4) is 0 Å². The van der Waals surface area contributed by atoms with Gasteiger partial charge in [0.2, 0.25) is 10.0 Å². The zero-order valence-electron chi connectivity index (χ0n) is 7.90. The Morgan fingerprint density at radius 1 is 1.62 bits per heavy atom. The van der Waals surface area contributed by atoms with Crippen LogP contribution < -0.4 is 4.72 Å². The van der Waals surface area contributed by atoms with E-state index in [1.54, 1.807) is 13.1 Å². The average molecular weight is 203 g/mol. The summed E-state index contributed by atoms with van der Waals surface area (Å²) < 4.78 is 25.7. The number of nitrogens with one attached hydrogen (secondary N) is 1. The third-order valence-electron chi connectivity index (χ3n) is 1.58. The van der Waals surface area contributed by atoms with E-state index >= 15 is 0 Å². The van der Waals surface area contributed by atoms with Crippen molar-refractivity contribution >= 4 is 15.8 Å². The average Bonchev–Trinajstić information content (AvgIpc) is 2.29. The van der Waals surface area contributed by atoms with Crippen molar-refractivity contribution < 1.29 is 8.42 Å². The van der Waals surface area contributed by atoms with Crippen molar-refractivity contribution in [3.63, 3.8) is 0 Å². The smallest absolute Gasteiger partial charge is 0.230 e. The number of nitrogens with zero attached hydrogens (tertiary/aromatic N) is 2. The monoisotopic (exact) mass is 203 g/mol. The summed E-state index contributed by atoms with van der Waals surface area (Å²) in [7, 11) is -1.50. The Bertz CT molecular complexity index is 394. The van der Waals surface area contributed by atoms with E-state index in [4.69, 9.17) is 0 Å². The summed E-state index contributed by atoms with van der Waals surface area (Å²) in [5.41, 5.74) is 0.869. The minimum absolute atomic E-state index is 0.499. The molecule has 0 unspecified atom stereocenters. The lowest BCUT2D eigenvalue weighted by Gasteiger charge is -2.01. The molecular formula is C7H13N3O2S. The van der Waals surface area contributed by atoms with Crippen LogP contribution in [-0.2, 0) is 23.5 Å². The number of hydrogen-bond acceptors (Lipinski definition) is 3. The number of anilines is 1. The van der Waals surface area contributed by atoms with E-state index in [1.165, 1.54) is 4.68 Å². The highest BCUT2D eigenvalue weighted by atomic mass is 32.2. The Labute approximate surface area is 77.8 Å². The van der Waals surface area contributed by atoms with Crippen LogP contribution in [0.15, 0.2) is 6.07 Å². The molecule has 0 saturated heterocycles. The fourth-order valence-corrected chi connectivity index (χ4v) is 1.56. The highest BCUT2D eigenvalue weighted by molar-refractivity contribution is 7.92. The second-order valence-electron chi connectivity index (χ2n) is 2.87. The van der Waals surface area contributed by atoms with Gasteiger partial charge in [0.25, 0.3) is 0 Å². The Morgan fingerprint density at radius 3 is 2.62 bits per heavy atom. The van der Waals surface area contributed by atoms with Gasteiger partial charge in [-0.1, -0.05) is 6.92 Å². The molecule has 74 valence electrons. The van der Waals surface area contributed by atoms with Crippen molar-refractivity contribution in [3.05, 3.63) is 11.8 Å². The zero-order valence-corrected chi connectivity index (χ0v) is 8.72. The number of hydrogen-bond donors (Lipinski definition) is 1. The van der Waals surface area contributed by atoms with Crippen LogP contribution >= 0.6 is 0 Å². The van der Waals surface area contributed by atoms with Gasteiger partial charge in [0.15, 0.2) is 0 Å². The van der Waals surface area contributed by atoms with Gasteiger partial charge in [-0.05, 0) is 6.42 Å². The first-order valence-corrected chi connectivity index (χ1v) is 5.82. The molecule has 0 aliphatic carbocycles. The van der Waals surface area contributed by atoms with E-state index in [1.807, 2.05) is 6.92 Å². The molecule has 1 rings (SSSR count). The van der Waals surface area contributed by atoms with Crippen LogP contribution in [0.5, 0.6) is 0 Å². The zero-order chi connectivity index (χ0) is 10.1. The van der Waals surface area contributed by atoms with Gasteiger partial charge in [0.05, 0.1) is 11.9 Å². The molecule has 0 aromatic carbocycles. The molecule has 1 heterocycles. The molecule has 0 spiro atoms. The first kappa shape index (κ1) is 10.0. The molecule has 0 amide bonds. The van der Waals surface area contributed by atoms with Gasteiger partial charge in [-0.2, -0.15) is 5.10 Å². The summed E-state index contributed by atoms with van der Waals surface area (Å²) in [6.07, 6.45) is 1.91. The molecule has 0 aliphatic rings. The third-order valence-corrected chi connectivity index (χ3v) is 2.16. The van der Waals surface area contributed by atoms with Crippen molar-refractivity contribution in [1.82, 2.24) is 9.78 Å². The summed E-state index contributed by atoms with van der Waals surface area (Å²) in [5.74, 6) is 0.499. The Hall–Kier alpha value is -1.04. The van der Waals surface area contributed by atoms with Gasteiger partial charge in [-0.15, -0.1) is 0 Å². The molecule has 0 saturated carbocycles. The topological polar surface area (TPSA) is 64.0 Å². The second kappa shape index (κ2) is 3.37. The largest absolute Gasteiger partial charge is 0.268 e. The van der Waals surface area contributed by atoms with E-state index in [0.717, 1.165) is 18.4 Å². The lowest BCUT2D eigenvalue weighted by molar-refractivity contribution is 0.606. The lowest BCUT2D eigenvalue weighted by atomic mass is 10.3. The maximum atomic E-state index is 10.9. The van der Waals surface area contributed by atoms with E-state index in [2.05, 4.69) is 9.82 Å².